The van der Waals surface area contributed by atoms with Gasteiger partial charge in [-0.25, -0.2) is 0 Å². The van der Waals surface area contributed by atoms with Crippen LogP contribution in [0.15, 0.2) is 43.1 Å². The Bertz CT molecular complexity index is 791. The summed E-state index contributed by atoms with van der Waals surface area (Å²) in [5, 5.41) is 12.2. The van der Waals surface area contributed by atoms with E-state index in [1.807, 2.05) is 24.3 Å². The highest BCUT2D eigenvalue weighted by Crippen LogP contribution is 2.42. The average molecular weight is 352 g/mol. The van der Waals surface area contributed by atoms with E-state index < -0.39 is 6.10 Å². The molecular weight excluding hydrogens is 324 g/mol. The van der Waals surface area contributed by atoms with Gasteiger partial charge in [0.05, 0.1) is 11.6 Å². The minimum absolute atomic E-state index is 0.208. The summed E-state index contributed by atoms with van der Waals surface area (Å²) >= 11 is 0. The summed E-state index contributed by atoms with van der Waals surface area (Å²) in [4.78, 5) is 6.97. The van der Waals surface area contributed by atoms with Crippen LogP contribution < -0.4 is 4.74 Å². The minimum Gasteiger partial charge on any atom is -0.490 e. The van der Waals surface area contributed by atoms with E-state index in [-0.39, 0.29) is 6.04 Å². The van der Waals surface area contributed by atoms with Crippen LogP contribution in [0.2, 0.25) is 0 Å². The molecule has 0 radical (unpaired) electrons. The minimum atomic E-state index is -0.490. The van der Waals surface area contributed by atoms with Gasteiger partial charge in [0, 0.05) is 24.2 Å². The molecule has 3 aliphatic rings. The molecule has 0 saturated carbocycles. The number of aromatic nitrogens is 1. The van der Waals surface area contributed by atoms with Crippen molar-refractivity contribution in [1.29, 1.82) is 0 Å². The fourth-order valence-corrected chi connectivity index (χ4v) is 4.83. The molecule has 1 N–H and O–H groups in total. The smallest absolute Gasteiger partial charge is 0.120 e. The van der Waals surface area contributed by atoms with Crippen LogP contribution in [0, 0.1) is 11.8 Å². The van der Waals surface area contributed by atoms with Crippen molar-refractivity contribution < 1.29 is 9.84 Å². The number of aliphatic hydroxyl groups is 1. The standard InChI is InChI=1S/C22H28N2O2/c1-3-11-26-17-5-6-20-19(13-17)18(7-9-23-20)22(25)21-12-16-8-10-24(21)14-15(16)4-2/h3,5-7,9,13,15-16,21-22,25H,1,4,8,10-12,14H2,2H3/t15-,16-,21-,22+/m0/s1. The molecular formula is C22H28N2O2. The third-order valence-electron chi connectivity index (χ3n) is 6.26. The lowest BCUT2D eigenvalue weighted by Gasteiger charge is -2.51. The van der Waals surface area contributed by atoms with Gasteiger partial charge in [0.1, 0.15) is 12.4 Å². The normalized spacial score (nSPS) is 28.8. The average Bonchev–Trinajstić information content (AvgIpc) is 2.71. The predicted octanol–water partition coefficient (Wildman–Crippen LogP) is 3.95. The summed E-state index contributed by atoms with van der Waals surface area (Å²) in [5.74, 6) is 2.33. The number of pyridine rings is 1. The summed E-state index contributed by atoms with van der Waals surface area (Å²) in [7, 11) is 0. The van der Waals surface area contributed by atoms with Crippen LogP contribution in [0.1, 0.15) is 37.9 Å². The van der Waals surface area contributed by atoms with Crippen LogP contribution in [0.25, 0.3) is 10.9 Å². The number of piperidine rings is 3. The first-order valence-corrected chi connectivity index (χ1v) is 9.75. The van der Waals surface area contributed by atoms with Gasteiger partial charge < -0.3 is 9.84 Å². The van der Waals surface area contributed by atoms with Crippen molar-refractivity contribution in [3.63, 3.8) is 0 Å². The maximum Gasteiger partial charge on any atom is 0.120 e. The van der Waals surface area contributed by atoms with Crippen molar-refractivity contribution in [2.45, 2.75) is 38.3 Å². The number of benzene rings is 1. The van der Waals surface area contributed by atoms with Crippen molar-refractivity contribution >= 4 is 10.9 Å². The van der Waals surface area contributed by atoms with Gasteiger partial charge in [-0.15, -0.1) is 0 Å². The lowest BCUT2D eigenvalue weighted by molar-refractivity contribution is -0.0562. The molecule has 0 aliphatic carbocycles. The van der Waals surface area contributed by atoms with E-state index in [9.17, 15) is 5.11 Å². The van der Waals surface area contributed by atoms with Crippen molar-refractivity contribution in [1.82, 2.24) is 9.88 Å². The van der Waals surface area contributed by atoms with Gasteiger partial charge in [-0.2, -0.15) is 0 Å². The van der Waals surface area contributed by atoms with E-state index in [1.54, 1.807) is 12.3 Å². The highest BCUT2D eigenvalue weighted by molar-refractivity contribution is 5.84. The molecule has 3 aliphatic heterocycles. The maximum absolute atomic E-state index is 11.3. The molecule has 3 fully saturated rings. The Kier molecular flexibility index (Phi) is 4.96. The molecule has 5 atom stereocenters. The third kappa shape index (κ3) is 3.12. The Morgan fingerprint density at radius 1 is 1.42 bits per heavy atom. The summed E-state index contributed by atoms with van der Waals surface area (Å²) in [6.45, 7) is 8.70. The molecule has 2 aromatic rings. The first kappa shape index (κ1) is 17.5. The van der Waals surface area contributed by atoms with Crippen molar-refractivity contribution in [3.05, 3.63) is 48.7 Å². The second-order valence-electron chi connectivity index (χ2n) is 7.64. The lowest BCUT2D eigenvalue weighted by Crippen LogP contribution is -2.55. The Hall–Kier alpha value is -1.91. The predicted molar refractivity (Wildman–Crippen MR) is 104 cm³/mol. The monoisotopic (exact) mass is 352 g/mol. The van der Waals surface area contributed by atoms with E-state index in [1.165, 1.54) is 12.8 Å². The molecule has 1 aromatic carbocycles. The highest BCUT2D eigenvalue weighted by Gasteiger charge is 2.42. The van der Waals surface area contributed by atoms with E-state index in [0.29, 0.717) is 6.61 Å². The van der Waals surface area contributed by atoms with Crippen molar-refractivity contribution in [2.75, 3.05) is 19.7 Å². The Morgan fingerprint density at radius 3 is 3.04 bits per heavy atom. The van der Waals surface area contributed by atoms with Gasteiger partial charge in [0.2, 0.25) is 0 Å². The molecule has 1 unspecified atom stereocenters. The van der Waals surface area contributed by atoms with Gasteiger partial charge in [-0.05, 0) is 61.1 Å². The van der Waals surface area contributed by atoms with E-state index in [2.05, 4.69) is 23.4 Å². The Labute approximate surface area is 155 Å². The SMILES string of the molecule is C=CCOc1ccc2nccc([C@@H](O)[C@@H]3C[C@@H]4CCN3C[C@@H]4CC)c2c1. The van der Waals surface area contributed by atoms with Crippen molar-refractivity contribution in [3.8, 4) is 5.75 Å². The number of rotatable bonds is 6. The number of hydrogen-bond acceptors (Lipinski definition) is 4. The summed E-state index contributed by atoms with van der Waals surface area (Å²) in [5.41, 5.74) is 1.86. The zero-order valence-electron chi connectivity index (χ0n) is 15.5. The second kappa shape index (κ2) is 7.37. The van der Waals surface area contributed by atoms with Gasteiger partial charge in [0.25, 0.3) is 0 Å². The summed E-state index contributed by atoms with van der Waals surface area (Å²) in [6, 6.07) is 8.05. The van der Waals surface area contributed by atoms with Gasteiger partial charge in [-0.1, -0.05) is 26.0 Å². The molecule has 2 bridgehead atoms. The van der Waals surface area contributed by atoms with Crippen LogP contribution in [-0.2, 0) is 0 Å². The number of hydrogen-bond donors (Lipinski definition) is 1. The van der Waals surface area contributed by atoms with Crippen LogP contribution >= 0.6 is 0 Å². The first-order chi connectivity index (χ1) is 12.7. The molecule has 0 amide bonds. The number of aliphatic hydroxyl groups excluding tert-OH is 1. The zero-order chi connectivity index (χ0) is 18.1. The van der Waals surface area contributed by atoms with Crippen LogP contribution in [0.3, 0.4) is 0 Å². The largest absolute Gasteiger partial charge is 0.490 e. The quantitative estimate of drug-likeness (QED) is 0.800. The number of ether oxygens (including phenoxy) is 1. The molecule has 138 valence electrons. The van der Waals surface area contributed by atoms with Crippen LogP contribution in [0.4, 0.5) is 0 Å². The van der Waals surface area contributed by atoms with Crippen LogP contribution in [0.5, 0.6) is 5.75 Å². The fourth-order valence-electron chi connectivity index (χ4n) is 4.83. The maximum atomic E-state index is 11.3. The lowest BCUT2D eigenvalue weighted by atomic mass is 9.72. The third-order valence-corrected chi connectivity index (χ3v) is 6.26. The molecule has 0 spiro atoms. The fraction of sp³-hybridized carbons (Fsp3) is 0.500. The van der Waals surface area contributed by atoms with Gasteiger partial charge in [0.15, 0.2) is 0 Å². The Balaban J connectivity index is 1.64. The highest BCUT2D eigenvalue weighted by atomic mass is 16.5. The summed E-state index contributed by atoms with van der Waals surface area (Å²) in [6.07, 6.45) is 6.66. The Morgan fingerprint density at radius 2 is 2.31 bits per heavy atom. The number of nitrogens with zero attached hydrogens (tertiary/aromatic N) is 2. The van der Waals surface area contributed by atoms with E-state index >= 15 is 0 Å². The molecule has 1 aromatic heterocycles. The molecule has 4 heterocycles. The zero-order valence-corrected chi connectivity index (χ0v) is 15.5. The van der Waals surface area contributed by atoms with Gasteiger partial charge >= 0.3 is 0 Å². The van der Waals surface area contributed by atoms with E-state index in [4.69, 9.17) is 4.74 Å². The number of fused-ring (bicyclic) bond motifs is 4. The van der Waals surface area contributed by atoms with Gasteiger partial charge in [-0.3, -0.25) is 9.88 Å². The van der Waals surface area contributed by atoms with Crippen LogP contribution in [-0.4, -0.2) is 40.7 Å². The van der Waals surface area contributed by atoms with E-state index in [0.717, 1.165) is 53.6 Å². The van der Waals surface area contributed by atoms with Crippen molar-refractivity contribution in [2.24, 2.45) is 11.8 Å². The topological polar surface area (TPSA) is 45.6 Å². The summed E-state index contributed by atoms with van der Waals surface area (Å²) < 4.78 is 5.68. The molecule has 3 saturated heterocycles. The molecule has 5 rings (SSSR count). The first-order valence-electron chi connectivity index (χ1n) is 9.75. The molecule has 4 nitrogen and oxygen atoms in total. The second-order valence-corrected chi connectivity index (χ2v) is 7.64. The molecule has 4 heteroatoms. The molecule has 26 heavy (non-hydrogen) atoms.